The average Bonchev–Trinajstić information content (AvgIpc) is 2.92. The van der Waals surface area contributed by atoms with Gasteiger partial charge in [-0.15, -0.1) is 0 Å². The Morgan fingerprint density at radius 2 is 1.86 bits per heavy atom. The van der Waals surface area contributed by atoms with Crippen molar-refractivity contribution in [3.8, 4) is 0 Å². The van der Waals surface area contributed by atoms with Crippen LogP contribution in [0.1, 0.15) is 38.5 Å². The molecule has 14 heavy (non-hydrogen) atoms. The van der Waals surface area contributed by atoms with Gasteiger partial charge in [0.2, 0.25) is 5.91 Å². The molecule has 0 saturated heterocycles. The van der Waals surface area contributed by atoms with Crippen LogP contribution in [0.25, 0.3) is 0 Å². The molecule has 1 rings (SSSR count). The fraction of sp³-hybridized carbons (Fsp3) is 0.800. The molecular weight excluding hydrogens is 182 g/mol. The van der Waals surface area contributed by atoms with Crippen LogP contribution in [0, 0.1) is 5.92 Å². The molecule has 2 N–H and O–H groups in total. The van der Waals surface area contributed by atoms with Gasteiger partial charge in [0.15, 0.2) is 0 Å². The summed E-state index contributed by atoms with van der Waals surface area (Å²) in [6.45, 7) is 0.803. The summed E-state index contributed by atoms with van der Waals surface area (Å²) in [7, 11) is 0. The van der Waals surface area contributed by atoms with Gasteiger partial charge in [-0.25, -0.2) is 0 Å². The molecule has 0 aromatic heterocycles. The molecule has 4 nitrogen and oxygen atoms in total. The van der Waals surface area contributed by atoms with Crippen LogP contribution in [0.4, 0.5) is 0 Å². The van der Waals surface area contributed by atoms with Gasteiger partial charge in [-0.1, -0.05) is 0 Å². The van der Waals surface area contributed by atoms with Crippen LogP contribution in [0.3, 0.4) is 0 Å². The van der Waals surface area contributed by atoms with E-state index in [0.29, 0.717) is 25.2 Å². The van der Waals surface area contributed by atoms with Crippen molar-refractivity contribution in [1.82, 2.24) is 5.32 Å². The van der Waals surface area contributed by atoms with E-state index < -0.39 is 5.97 Å². The Kier molecular flexibility index (Phi) is 4.43. The summed E-state index contributed by atoms with van der Waals surface area (Å²) in [6, 6.07) is 0. The first-order valence-corrected chi connectivity index (χ1v) is 5.17. The molecule has 0 aromatic carbocycles. The Labute approximate surface area is 83.7 Å². The Morgan fingerprint density at radius 3 is 2.43 bits per heavy atom. The molecule has 1 aliphatic rings. The maximum absolute atomic E-state index is 11.2. The first-order chi connectivity index (χ1) is 6.68. The van der Waals surface area contributed by atoms with Crippen LogP contribution < -0.4 is 5.32 Å². The van der Waals surface area contributed by atoms with E-state index in [1.54, 1.807) is 0 Å². The number of carboxylic acids is 1. The number of hydrogen-bond acceptors (Lipinski definition) is 2. The molecule has 0 unspecified atom stereocenters. The summed E-state index contributed by atoms with van der Waals surface area (Å²) in [5.74, 6) is -0.0244. The van der Waals surface area contributed by atoms with Crippen LogP contribution in [0.2, 0.25) is 0 Å². The van der Waals surface area contributed by atoms with E-state index in [-0.39, 0.29) is 12.3 Å². The highest BCUT2D eigenvalue weighted by atomic mass is 16.4. The van der Waals surface area contributed by atoms with Crippen LogP contribution in [-0.4, -0.2) is 23.5 Å². The zero-order valence-corrected chi connectivity index (χ0v) is 8.29. The predicted octanol–water partition coefficient (Wildman–Crippen LogP) is 1.16. The fourth-order valence-electron chi connectivity index (χ4n) is 1.23. The quantitative estimate of drug-likeness (QED) is 0.604. The summed E-state index contributed by atoms with van der Waals surface area (Å²) in [6.07, 6.45) is 4.35. The summed E-state index contributed by atoms with van der Waals surface area (Å²) in [4.78, 5) is 21.3. The summed E-state index contributed by atoms with van der Waals surface area (Å²) in [5.41, 5.74) is 0. The standard InChI is InChI=1S/C10H17NO3/c12-9(11-7-8-5-6-8)3-1-2-4-10(13)14/h8H,1-7H2,(H,11,12)(H,13,14). The Morgan fingerprint density at radius 1 is 1.21 bits per heavy atom. The number of rotatable bonds is 7. The van der Waals surface area contributed by atoms with Gasteiger partial charge in [0, 0.05) is 19.4 Å². The van der Waals surface area contributed by atoms with E-state index >= 15 is 0 Å². The molecule has 1 saturated carbocycles. The van der Waals surface area contributed by atoms with Gasteiger partial charge in [-0.05, 0) is 31.6 Å². The summed E-state index contributed by atoms with van der Waals surface area (Å²) >= 11 is 0. The van der Waals surface area contributed by atoms with E-state index in [9.17, 15) is 9.59 Å². The van der Waals surface area contributed by atoms with E-state index in [2.05, 4.69) is 5.32 Å². The van der Waals surface area contributed by atoms with Crippen molar-refractivity contribution in [3.05, 3.63) is 0 Å². The number of carbonyl (C=O) groups excluding carboxylic acids is 1. The van der Waals surface area contributed by atoms with Crippen molar-refractivity contribution in [2.24, 2.45) is 5.92 Å². The largest absolute Gasteiger partial charge is 0.481 e. The van der Waals surface area contributed by atoms with E-state index in [1.807, 2.05) is 0 Å². The predicted molar refractivity (Wildman–Crippen MR) is 51.8 cm³/mol. The molecule has 0 heterocycles. The number of carbonyl (C=O) groups is 2. The lowest BCUT2D eigenvalue weighted by molar-refractivity contribution is -0.137. The summed E-state index contributed by atoms with van der Waals surface area (Å²) in [5, 5.41) is 11.2. The minimum atomic E-state index is -0.789. The van der Waals surface area contributed by atoms with Crippen LogP contribution in [0.5, 0.6) is 0 Å². The Balaban J connectivity index is 1.88. The van der Waals surface area contributed by atoms with Crippen molar-refractivity contribution in [3.63, 3.8) is 0 Å². The maximum Gasteiger partial charge on any atom is 0.303 e. The number of hydrogen-bond donors (Lipinski definition) is 2. The molecule has 0 radical (unpaired) electrons. The molecule has 0 aromatic rings. The van der Waals surface area contributed by atoms with E-state index in [0.717, 1.165) is 6.54 Å². The van der Waals surface area contributed by atoms with Crippen molar-refractivity contribution >= 4 is 11.9 Å². The number of carboxylic acid groups (broad SMARTS) is 1. The third-order valence-electron chi connectivity index (χ3n) is 2.33. The van der Waals surface area contributed by atoms with Gasteiger partial charge in [0.1, 0.15) is 0 Å². The second kappa shape index (κ2) is 5.62. The molecule has 0 atom stereocenters. The SMILES string of the molecule is O=C(O)CCCCC(=O)NCC1CC1. The van der Waals surface area contributed by atoms with Gasteiger partial charge in [-0.3, -0.25) is 9.59 Å². The van der Waals surface area contributed by atoms with Gasteiger partial charge < -0.3 is 10.4 Å². The number of aliphatic carboxylic acids is 1. The highest BCUT2D eigenvalue weighted by Gasteiger charge is 2.21. The number of unbranched alkanes of at least 4 members (excludes halogenated alkanes) is 1. The first kappa shape index (κ1) is 11.0. The monoisotopic (exact) mass is 199 g/mol. The lowest BCUT2D eigenvalue weighted by Gasteiger charge is -2.02. The van der Waals surface area contributed by atoms with Gasteiger partial charge in [0.05, 0.1) is 0 Å². The lowest BCUT2D eigenvalue weighted by atomic mass is 10.2. The van der Waals surface area contributed by atoms with Crippen LogP contribution in [-0.2, 0) is 9.59 Å². The lowest BCUT2D eigenvalue weighted by Crippen LogP contribution is -2.25. The molecule has 0 spiro atoms. The van der Waals surface area contributed by atoms with Gasteiger partial charge >= 0.3 is 5.97 Å². The maximum atomic E-state index is 11.2. The zero-order valence-electron chi connectivity index (χ0n) is 8.29. The molecule has 1 fully saturated rings. The molecule has 0 aliphatic heterocycles. The van der Waals surface area contributed by atoms with E-state index in [4.69, 9.17) is 5.11 Å². The molecule has 80 valence electrons. The molecule has 0 bridgehead atoms. The average molecular weight is 199 g/mol. The Bertz CT molecular complexity index is 211. The third kappa shape index (κ3) is 5.56. The first-order valence-electron chi connectivity index (χ1n) is 5.17. The normalized spacial score (nSPS) is 15.1. The minimum Gasteiger partial charge on any atom is -0.481 e. The summed E-state index contributed by atoms with van der Waals surface area (Å²) < 4.78 is 0. The highest BCUT2D eigenvalue weighted by molar-refractivity contribution is 5.75. The zero-order chi connectivity index (χ0) is 10.4. The van der Waals surface area contributed by atoms with Crippen LogP contribution >= 0.6 is 0 Å². The van der Waals surface area contributed by atoms with Crippen molar-refractivity contribution in [1.29, 1.82) is 0 Å². The number of amides is 1. The third-order valence-corrected chi connectivity index (χ3v) is 2.33. The van der Waals surface area contributed by atoms with Crippen molar-refractivity contribution in [2.75, 3.05) is 6.54 Å². The Hall–Kier alpha value is -1.06. The van der Waals surface area contributed by atoms with E-state index in [1.165, 1.54) is 12.8 Å². The smallest absolute Gasteiger partial charge is 0.303 e. The topological polar surface area (TPSA) is 66.4 Å². The second-order valence-electron chi connectivity index (χ2n) is 3.85. The van der Waals surface area contributed by atoms with Gasteiger partial charge in [-0.2, -0.15) is 0 Å². The van der Waals surface area contributed by atoms with Crippen molar-refractivity contribution in [2.45, 2.75) is 38.5 Å². The van der Waals surface area contributed by atoms with Crippen LogP contribution in [0.15, 0.2) is 0 Å². The van der Waals surface area contributed by atoms with Crippen molar-refractivity contribution < 1.29 is 14.7 Å². The molecule has 4 heteroatoms. The molecule has 1 amide bonds. The fourth-order valence-corrected chi connectivity index (χ4v) is 1.23. The minimum absolute atomic E-state index is 0.0577. The second-order valence-corrected chi connectivity index (χ2v) is 3.85. The van der Waals surface area contributed by atoms with Gasteiger partial charge in [0.25, 0.3) is 0 Å². The number of nitrogens with one attached hydrogen (secondary N) is 1. The molecule has 1 aliphatic carbocycles. The highest BCUT2D eigenvalue weighted by Crippen LogP contribution is 2.27. The molecular formula is C10H17NO3.